The van der Waals surface area contributed by atoms with Gasteiger partial charge in [-0.2, -0.15) is 0 Å². The largest absolute Gasteiger partial charge is 0.381 e. The lowest BCUT2D eigenvalue weighted by Gasteiger charge is -2.26. The molecule has 0 bridgehead atoms. The van der Waals surface area contributed by atoms with Crippen molar-refractivity contribution in [2.75, 3.05) is 20.3 Å². The van der Waals surface area contributed by atoms with E-state index >= 15 is 0 Å². The Morgan fingerprint density at radius 1 is 1.50 bits per heavy atom. The molecular formula is C12H19N3O. The number of nitrogens with zero attached hydrogens (tertiary/aromatic N) is 2. The summed E-state index contributed by atoms with van der Waals surface area (Å²) in [7, 11) is 1.99. The highest BCUT2D eigenvalue weighted by Gasteiger charge is 2.19. The van der Waals surface area contributed by atoms with Gasteiger partial charge in [0.1, 0.15) is 6.33 Å². The molecule has 1 aliphatic rings. The molecule has 1 aromatic heterocycles. The molecule has 0 spiro atoms. The van der Waals surface area contributed by atoms with Crippen LogP contribution in [0, 0.1) is 5.92 Å². The fourth-order valence-corrected chi connectivity index (χ4v) is 2.21. The Morgan fingerprint density at radius 3 is 2.94 bits per heavy atom. The first-order valence-corrected chi connectivity index (χ1v) is 5.91. The maximum absolute atomic E-state index is 5.37. The van der Waals surface area contributed by atoms with Crippen LogP contribution in [0.2, 0.25) is 0 Å². The van der Waals surface area contributed by atoms with E-state index in [1.165, 1.54) is 12.8 Å². The van der Waals surface area contributed by atoms with Gasteiger partial charge in [-0.3, -0.25) is 0 Å². The Bertz CT molecular complexity index is 298. The van der Waals surface area contributed by atoms with E-state index in [9.17, 15) is 0 Å². The number of hydrogen-bond donors (Lipinski definition) is 1. The number of nitrogens with one attached hydrogen (secondary N) is 1. The summed E-state index contributed by atoms with van der Waals surface area (Å²) in [5.74, 6) is 0.751. The number of aromatic nitrogens is 2. The lowest BCUT2D eigenvalue weighted by atomic mass is 9.91. The average molecular weight is 221 g/mol. The smallest absolute Gasteiger partial charge is 0.115 e. The van der Waals surface area contributed by atoms with Crippen molar-refractivity contribution in [3.63, 3.8) is 0 Å². The molecule has 0 aromatic carbocycles. The third-order valence-corrected chi connectivity index (χ3v) is 3.22. The van der Waals surface area contributed by atoms with Crippen molar-refractivity contribution in [2.24, 2.45) is 5.92 Å². The van der Waals surface area contributed by atoms with Gasteiger partial charge in [0.25, 0.3) is 0 Å². The molecule has 16 heavy (non-hydrogen) atoms. The Morgan fingerprint density at radius 2 is 2.31 bits per heavy atom. The highest BCUT2D eigenvalue weighted by molar-refractivity contribution is 5.04. The topological polar surface area (TPSA) is 47.0 Å². The molecular weight excluding hydrogens is 202 g/mol. The molecule has 88 valence electrons. The van der Waals surface area contributed by atoms with Gasteiger partial charge in [0, 0.05) is 25.5 Å². The highest BCUT2D eigenvalue weighted by atomic mass is 16.5. The summed E-state index contributed by atoms with van der Waals surface area (Å²) < 4.78 is 5.37. The molecule has 2 heterocycles. The van der Waals surface area contributed by atoms with Crippen LogP contribution in [-0.2, 0) is 4.74 Å². The van der Waals surface area contributed by atoms with E-state index in [0.717, 1.165) is 31.2 Å². The van der Waals surface area contributed by atoms with E-state index in [4.69, 9.17) is 4.74 Å². The molecule has 1 saturated heterocycles. The van der Waals surface area contributed by atoms with Crippen LogP contribution in [0.3, 0.4) is 0 Å². The second-order valence-corrected chi connectivity index (χ2v) is 4.27. The number of rotatable bonds is 4. The van der Waals surface area contributed by atoms with Crippen molar-refractivity contribution < 1.29 is 4.74 Å². The van der Waals surface area contributed by atoms with Gasteiger partial charge in [-0.25, -0.2) is 9.97 Å². The first-order chi connectivity index (χ1) is 7.90. The van der Waals surface area contributed by atoms with Crippen LogP contribution < -0.4 is 5.32 Å². The summed E-state index contributed by atoms with van der Waals surface area (Å²) in [5.41, 5.74) is 1.09. The third-order valence-electron chi connectivity index (χ3n) is 3.22. The van der Waals surface area contributed by atoms with Gasteiger partial charge in [0.2, 0.25) is 0 Å². The molecule has 4 heteroatoms. The zero-order valence-electron chi connectivity index (χ0n) is 9.72. The minimum atomic E-state index is 0.339. The molecule has 1 N–H and O–H groups in total. The first kappa shape index (κ1) is 11.5. The number of hydrogen-bond acceptors (Lipinski definition) is 4. The number of ether oxygens (including phenoxy) is 1. The van der Waals surface area contributed by atoms with E-state index < -0.39 is 0 Å². The van der Waals surface area contributed by atoms with Crippen molar-refractivity contribution in [3.05, 3.63) is 24.3 Å². The maximum atomic E-state index is 5.37. The van der Waals surface area contributed by atoms with Crippen molar-refractivity contribution >= 4 is 0 Å². The zero-order valence-corrected chi connectivity index (χ0v) is 9.72. The minimum absolute atomic E-state index is 0.339. The van der Waals surface area contributed by atoms with Gasteiger partial charge in [-0.1, -0.05) is 0 Å². The summed E-state index contributed by atoms with van der Waals surface area (Å²) in [6, 6.07) is 2.33. The van der Waals surface area contributed by atoms with E-state index in [2.05, 4.69) is 15.3 Å². The van der Waals surface area contributed by atoms with Crippen LogP contribution in [-0.4, -0.2) is 30.2 Å². The van der Waals surface area contributed by atoms with Crippen molar-refractivity contribution in [1.29, 1.82) is 0 Å². The summed E-state index contributed by atoms with van der Waals surface area (Å²) in [4.78, 5) is 8.26. The monoisotopic (exact) mass is 221 g/mol. The van der Waals surface area contributed by atoms with Crippen molar-refractivity contribution in [1.82, 2.24) is 15.3 Å². The van der Waals surface area contributed by atoms with E-state index in [1.54, 1.807) is 12.5 Å². The molecule has 1 aliphatic heterocycles. The normalized spacial score (nSPS) is 19.6. The summed E-state index contributed by atoms with van der Waals surface area (Å²) in [5, 5.41) is 3.33. The molecule has 0 saturated carbocycles. The first-order valence-electron chi connectivity index (χ1n) is 5.91. The molecule has 1 fully saturated rings. The summed E-state index contributed by atoms with van der Waals surface area (Å²) >= 11 is 0. The van der Waals surface area contributed by atoms with Crippen LogP contribution >= 0.6 is 0 Å². The molecule has 0 aliphatic carbocycles. The van der Waals surface area contributed by atoms with Crippen LogP contribution in [0.5, 0.6) is 0 Å². The van der Waals surface area contributed by atoms with Gasteiger partial charge in [0.05, 0.1) is 5.69 Å². The van der Waals surface area contributed by atoms with E-state index in [0.29, 0.717) is 6.04 Å². The standard InChI is InChI=1S/C12H19N3O/c1-13-12(11-2-5-14-9-15-11)8-10-3-6-16-7-4-10/h2,5,9-10,12-13H,3-4,6-8H2,1H3. The molecule has 0 amide bonds. The Kier molecular flexibility index (Phi) is 4.25. The Labute approximate surface area is 96.4 Å². The fraction of sp³-hybridized carbons (Fsp3) is 0.667. The second-order valence-electron chi connectivity index (χ2n) is 4.27. The van der Waals surface area contributed by atoms with Crippen molar-refractivity contribution in [2.45, 2.75) is 25.3 Å². The molecule has 2 rings (SSSR count). The van der Waals surface area contributed by atoms with Crippen LogP contribution in [0.25, 0.3) is 0 Å². The summed E-state index contributed by atoms with van der Waals surface area (Å²) in [6.45, 7) is 1.82. The SMILES string of the molecule is CNC(CC1CCOCC1)c1ccncn1. The van der Waals surface area contributed by atoms with E-state index in [1.807, 2.05) is 13.1 Å². The van der Waals surface area contributed by atoms with Gasteiger partial charge in [-0.05, 0) is 38.3 Å². The van der Waals surface area contributed by atoms with Crippen molar-refractivity contribution in [3.8, 4) is 0 Å². The molecule has 4 nitrogen and oxygen atoms in total. The maximum Gasteiger partial charge on any atom is 0.115 e. The van der Waals surface area contributed by atoms with Crippen LogP contribution in [0.15, 0.2) is 18.6 Å². The second kappa shape index (κ2) is 5.92. The minimum Gasteiger partial charge on any atom is -0.381 e. The molecule has 1 atom stereocenters. The molecule has 0 radical (unpaired) electrons. The van der Waals surface area contributed by atoms with E-state index in [-0.39, 0.29) is 0 Å². The van der Waals surface area contributed by atoms with Gasteiger partial charge in [0.15, 0.2) is 0 Å². The van der Waals surface area contributed by atoms with Gasteiger partial charge < -0.3 is 10.1 Å². The van der Waals surface area contributed by atoms with Crippen LogP contribution in [0.4, 0.5) is 0 Å². The Hall–Kier alpha value is -1.00. The average Bonchev–Trinajstić information content (AvgIpc) is 2.38. The summed E-state index contributed by atoms with van der Waals surface area (Å²) in [6.07, 6.45) is 6.89. The quantitative estimate of drug-likeness (QED) is 0.838. The molecule has 1 unspecified atom stereocenters. The predicted octanol–water partition coefficient (Wildman–Crippen LogP) is 1.55. The van der Waals surface area contributed by atoms with Gasteiger partial charge >= 0.3 is 0 Å². The zero-order chi connectivity index (χ0) is 11.2. The highest BCUT2D eigenvalue weighted by Crippen LogP contribution is 2.26. The van der Waals surface area contributed by atoms with Crippen LogP contribution in [0.1, 0.15) is 31.0 Å². The predicted molar refractivity (Wildman–Crippen MR) is 62.0 cm³/mol. The fourth-order valence-electron chi connectivity index (χ4n) is 2.21. The third kappa shape index (κ3) is 3.00. The lowest BCUT2D eigenvalue weighted by molar-refractivity contribution is 0.0606. The van der Waals surface area contributed by atoms with Gasteiger partial charge in [-0.15, -0.1) is 0 Å². The Balaban J connectivity index is 1.94. The molecule has 1 aromatic rings. The lowest BCUT2D eigenvalue weighted by Crippen LogP contribution is -2.24.